The SMILES string of the molecule is Cc1ccc2c(N)c(C(=O)NCCCCN(C)C)sc2n1. The molecule has 2 aromatic heterocycles. The Hall–Kier alpha value is -1.66. The van der Waals surface area contributed by atoms with Gasteiger partial charge in [-0.2, -0.15) is 0 Å². The minimum absolute atomic E-state index is 0.0991. The minimum atomic E-state index is -0.0991. The fourth-order valence-corrected chi connectivity index (χ4v) is 3.15. The van der Waals surface area contributed by atoms with Crippen molar-refractivity contribution in [1.29, 1.82) is 0 Å². The summed E-state index contributed by atoms with van der Waals surface area (Å²) in [6, 6.07) is 3.84. The van der Waals surface area contributed by atoms with Crippen molar-refractivity contribution in [2.45, 2.75) is 19.8 Å². The van der Waals surface area contributed by atoms with Crippen molar-refractivity contribution in [2.24, 2.45) is 0 Å². The quantitative estimate of drug-likeness (QED) is 0.803. The molecule has 0 radical (unpaired) electrons. The Balaban J connectivity index is 1.98. The fraction of sp³-hybridized carbons (Fsp3) is 0.467. The van der Waals surface area contributed by atoms with E-state index in [-0.39, 0.29) is 5.91 Å². The van der Waals surface area contributed by atoms with Crippen LogP contribution in [0.4, 0.5) is 5.69 Å². The highest BCUT2D eigenvalue weighted by atomic mass is 32.1. The van der Waals surface area contributed by atoms with Crippen LogP contribution in [-0.2, 0) is 0 Å². The number of nitrogens with two attached hydrogens (primary N) is 1. The number of amides is 1. The molecule has 5 nitrogen and oxygen atoms in total. The average molecular weight is 306 g/mol. The van der Waals surface area contributed by atoms with Crippen molar-refractivity contribution in [3.8, 4) is 0 Å². The number of nitrogens with one attached hydrogen (secondary N) is 1. The number of pyridine rings is 1. The van der Waals surface area contributed by atoms with Crippen LogP contribution in [0, 0.1) is 6.92 Å². The normalized spacial score (nSPS) is 11.2. The summed E-state index contributed by atoms with van der Waals surface area (Å²) in [6.07, 6.45) is 2.03. The predicted octanol–water partition coefficient (Wildman–Crippen LogP) is 2.26. The van der Waals surface area contributed by atoms with E-state index in [0.29, 0.717) is 17.1 Å². The molecule has 21 heavy (non-hydrogen) atoms. The van der Waals surface area contributed by atoms with Gasteiger partial charge in [-0.25, -0.2) is 4.98 Å². The number of aromatic nitrogens is 1. The van der Waals surface area contributed by atoms with E-state index in [1.807, 2.05) is 33.2 Å². The molecule has 0 spiro atoms. The Labute approximate surface area is 129 Å². The summed E-state index contributed by atoms with van der Waals surface area (Å²) in [5, 5.41) is 3.80. The lowest BCUT2D eigenvalue weighted by Crippen LogP contribution is -2.25. The number of rotatable bonds is 6. The zero-order valence-corrected chi connectivity index (χ0v) is 13.6. The molecule has 0 bridgehead atoms. The first-order valence-corrected chi connectivity index (χ1v) is 7.89. The smallest absolute Gasteiger partial charge is 0.263 e. The summed E-state index contributed by atoms with van der Waals surface area (Å²) in [7, 11) is 4.09. The summed E-state index contributed by atoms with van der Waals surface area (Å²) in [5.74, 6) is -0.0991. The van der Waals surface area contributed by atoms with Crippen LogP contribution in [0.3, 0.4) is 0 Å². The Kier molecular flexibility index (Phi) is 5.14. The van der Waals surface area contributed by atoms with Crippen LogP contribution in [0.1, 0.15) is 28.2 Å². The van der Waals surface area contributed by atoms with Crippen LogP contribution >= 0.6 is 11.3 Å². The molecule has 0 atom stereocenters. The lowest BCUT2D eigenvalue weighted by Gasteiger charge is -2.09. The van der Waals surface area contributed by atoms with Gasteiger partial charge in [-0.05, 0) is 52.5 Å². The predicted molar refractivity (Wildman–Crippen MR) is 88.9 cm³/mol. The van der Waals surface area contributed by atoms with E-state index in [9.17, 15) is 4.79 Å². The highest BCUT2D eigenvalue weighted by molar-refractivity contribution is 7.21. The first kappa shape index (κ1) is 15.7. The van der Waals surface area contributed by atoms with Crippen molar-refractivity contribution in [2.75, 3.05) is 32.9 Å². The second-order valence-corrected chi connectivity index (χ2v) is 6.42. The monoisotopic (exact) mass is 306 g/mol. The molecule has 0 aliphatic carbocycles. The second kappa shape index (κ2) is 6.87. The van der Waals surface area contributed by atoms with E-state index >= 15 is 0 Å². The number of hydrogen-bond donors (Lipinski definition) is 2. The van der Waals surface area contributed by atoms with Gasteiger partial charge in [0.1, 0.15) is 9.71 Å². The number of fused-ring (bicyclic) bond motifs is 1. The molecule has 6 heteroatoms. The second-order valence-electron chi connectivity index (χ2n) is 5.42. The molecular formula is C15H22N4OS. The number of unbranched alkanes of at least 4 members (excludes halogenated alkanes) is 1. The number of aryl methyl sites for hydroxylation is 1. The van der Waals surface area contributed by atoms with Crippen LogP contribution in [0.2, 0.25) is 0 Å². The Bertz CT molecular complexity index is 636. The Morgan fingerprint density at radius 2 is 2.14 bits per heavy atom. The zero-order valence-electron chi connectivity index (χ0n) is 12.8. The van der Waals surface area contributed by atoms with Crippen LogP contribution in [0.5, 0.6) is 0 Å². The van der Waals surface area contributed by atoms with Gasteiger partial charge >= 0.3 is 0 Å². The molecule has 0 fully saturated rings. The van der Waals surface area contributed by atoms with E-state index < -0.39 is 0 Å². The van der Waals surface area contributed by atoms with Gasteiger partial charge < -0.3 is 16.0 Å². The van der Waals surface area contributed by atoms with Gasteiger partial charge in [0.15, 0.2) is 0 Å². The van der Waals surface area contributed by atoms with E-state index in [4.69, 9.17) is 5.73 Å². The average Bonchev–Trinajstić information content (AvgIpc) is 2.74. The molecular weight excluding hydrogens is 284 g/mol. The molecule has 2 aromatic rings. The van der Waals surface area contributed by atoms with Crippen molar-refractivity contribution in [3.05, 3.63) is 22.7 Å². The zero-order chi connectivity index (χ0) is 15.4. The largest absolute Gasteiger partial charge is 0.397 e. The van der Waals surface area contributed by atoms with E-state index in [1.54, 1.807) is 0 Å². The molecule has 2 rings (SSSR count). The van der Waals surface area contributed by atoms with Gasteiger partial charge in [0, 0.05) is 17.6 Å². The van der Waals surface area contributed by atoms with Crippen molar-refractivity contribution in [3.63, 3.8) is 0 Å². The number of carbonyl (C=O) groups excluding carboxylic acids is 1. The lowest BCUT2D eigenvalue weighted by atomic mass is 10.2. The van der Waals surface area contributed by atoms with E-state index in [2.05, 4.69) is 15.2 Å². The summed E-state index contributed by atoms with van der Waals surface area (Å²) in [4.78, 5) is 20.1. The van der Waals surface area contributed by atoms with Crippen LogP contribution in [0.25, 0.3) is 10.2 Å². The maximum absolute atomic E-state index is 12.2. The van der Waals surface area contributed by atoms with E-state index in [1.165, 1.54) is 11.3 Å². The number of hydrogen-bond acceptors (Lipinski definition) is 5. The molecule has 2 heterocycles. The maximum Gasteiger partial charge on any atom is 0.263 e. The highest BCUT2D eigenvalue weighted by Gasteiger charge is 2.16. The standard InChI is InChI=1S/C15H22N4OS/c1-10-6-7-11-12(16)13(21-15(11)18-10)14(20)17-8-4-5-9-19(2)3/h6-7H,4-5,8-9,16H2,1-3H3,(H,17,20). The van der Waals surface area contributed by atoms with Crippen molar-refractivity contribution < 1.29 is 4.79 Å². The van der Waals surface area contributed by atoms with Gasteiger partial charge in [0.05, 0.1) is 5.69 Å². The number of nitrogens with zero attached hydrogens (tertiary/aromatic N) is 2. The summed E-state index contributed by atoms with van der Waals surface area (Å²) in [5.41, 5.74) is 7.53. The van der Waals surface area contributed by atoms with E-state index in [0.717, 1.165) is 35.3 Å². The van der Waals surface area contributed by atoms with Crippen LogP contribution in [0.15, 0.2) is 12.1 Å². The number of carbonyl (C=O) groups is 1. The lowest BCUT2D eigenvalue weighted by molar-refractivity contribution is 0.0957. The fourth-order valence-electron chi connectivity index (χ4n) is 2.09. The molecule has 0 aliphatic rings. The third-order valence-electron chi connectivity index (χ3n) is 3.26. The van der Waals surface area contributed by atoms with Gasteiger partial charge in [-0.1, -0.05) is 0 Å². The van der Waals surface area contributed by atoms with Crippen LogP contribution in [-0.4, -0.2) is 43.0 Å². The van der Waals surface area contributed by atoms with Gasteiger partial charge in [-0.15, -0.1) is 11.3 Å². The van der Waals surface area contributed by atoms with Crippen molar-refractivity contribution >= 4 is 33.1 Å². The maximum atomic E-state index is 12.2. The molecule has 3 N–H and O–H groups in total. The summed E-state index contributed by atoms with van der Waals surface area (Å²) in [6.45, 7) is 3.64. The first-order chi connectivity index (χ1) is 9.99. The van der Waals surface area contributed by atoms with Gasteiger partial charge in [0.25, 0.3) is 5.91 Å². The number of thiophene rings is 1. The Morgan fingerprint density at radius 1 is 1.38 bits per heavy atom. The molecule has 1 amide bonds. The van der Waals surface area contributed by atoms with Gasteiger partial charge in [0.2, 0.25) is 0 Å². The van der Waals surface area contributed by atoms with Crippen LogP contribution < -0.4 is 11.1 Å². The third-order valence-corrected chi connectivity index (χ3v) is 4.37. The topological polar surface area (TPSA) is 71.2 Å². The van der Waals surface area contributed by atoms with Gasteiger partial charge in [-0.3, -0.25) is 4.79 Å². The molecule has 0 saturated carbocycles. The summed E-state index contributed by atoms with van der Waals surface area (Å²) < 4.78 is 0. The van der Waals surface area contributed by atoms with Crippen molar-refractivity contribution in [1.82, 2.24) is 15.2 Å². The Morgan fingerprint density at radius 3 is 2.86 bits per heavy atom. The highest BCUT2D eigenvalue weighted by Crippen LogP contribution is 2.32. The molecule has 0 aromatic carbocycles. The first-order valence-electron chi connectivity index (χ1n) is 7.07. The number of nitrogen functional groups attached to an aromatic ring is 1. The molecule has 114 valence electrons. The molecule has 0 aliphatic heterocycles. The number of anilines is 1. The summed E-state index contributed by atoms with van der Waals surface area (Å²) >= 11 is 1.36. The minimum Gasteiger partial charge on any atom is -0.397 e. The molecule has 0 unspecified atom stereocenters. The third kappa shape index (κ3) is 3.92. The molecule has 0 saturated heterocycles.